The first kappa shape index (κ1) is 24.6. The number of pyridine rings is 2. The van der Waals surface area contributed by atoms with Gasteiger partial charge in [0.15, 0.2) is 5.82 Å². The quantitative estimate of drug-likeness (QED) is 0.257. The van der Waals surface area contributed by atoms with Gasteiger partial charge in [-0.1, -0.05) is 30.3 Å². The van der Waals surface area contributed by atoms with E-state index in [0.717, 1.165) is 46.7 Å². The number of nitrogens with zero attached hydrogens (tertiary/aromatic N) is 5. The van der Waals surface area contributed by atoms with Crippen molar-refractivity contribution in [2.75, 3.05) is 23.3 Å². The first-order chi connectivity index (χ1) is 19.1. The fourth-order valence-corrected chi connectivity index (χ4v) is 4.92. The number of aromatic nitrogens is 4. The van der Waals surface area contributed by atoms with E-state index in [1.807, 2.05) is 55.7 Å². The fraction of sp³-hybridized carbons (Fsp3) is 0.188. The van der Waals surface area contributed by atoms with E-state index >= 15 is 0 Å². The van der Waals surface area contributed by atoms with Crippen LogP contribution in [0.2, 0.25) is 0 Å². The minimum absolute atomic E-state index is 0.235. The van der Waals surface area contributed by atoms with Gasteiger partial charge < -0.3 is 15.3 Å². The normalized spacial score (nSPS) is 13.0. The van der Waals surface area contributed by atoms with E-state index in [-0.39, 0.29) is 5.75 Å². The molecule has 1 aliphatic heterocycles. The molecule has 4 heterocycles. The number of benzene rings is 2. The topological polar surface area (TPSA) is 87.1 Å². The Morgan fingerprint density at radius 2 is 1.59 bits per heavy atom. The lowest BCUT2D eigenvalue weighted by atomic mass is 10.0. The second-order valence-electron chi connectivity index (χ2n) is 9.86. The molecule has 7 nitrogen and oxygen atoms in total. The summed E-state index contributed by atoms with van der Waals surface area (Å²) in [6, 6.07) is 25.8. The van der Waals surface area contributed by atoms with Gasteiger partial charge in [0.2, 0.25) is 0 Å². The van der Waals surface area contributed by atoms with Crippen molar-refractivity contribution in [3.63, 3.8) is 0 Å². The molecular weight excluding hydrogens is 484 g/mol. The van der Waals surface area contributed by atoms with Gasteiger partial charge in [0.25, 0.3) is 0 Å². The number of nitrogens with one attached hydrogen (secondary N) is 1. The summed E-state index contributed by atoms with van der Waals surface area (Å²) in [5.74, 6) is 1.44. The number of phenolic OH excluding ortho intramolecular Hbond substituents is 1. The van der Waals surface area contributed by atoms with Crippen LogP contribution in [0.1, 0.15) is 24.1 Å². The average Bonchev–Trinajstić information content (AvgIpc) is 3.52. The largest absolute Gasteiger partial charge is 0.508 e. The molecule has 39 heavy (non-hydrogen) atoms. The summed E-state index contributed by atoms with van der Waals surface area (Å²) in [5, 5.41) is 13.2. The second kappa shape index (κ2) is 10.9. The van der Waals surface area contributed by atoms with Gasteiger partial charge in [-0.2, -0.15) is 0 Å². The van der Waals surface area contributed by atoms with E-state index in [0.29, 0.717) is 23.9 Å². The molecule has 0 radical (unpaired) electrons. The summed E-state index contributed by atoms with van der Waals surface area (Å²) in [4.78, 5) is 21.3. The van der Waals surface area contributed by atoms with Crippen LogP contribution in [-0.2, 0) is 6.54 Å². The first-order valence-corrected chi connectivity index (χ1v) is 13.3. The molecule has 194 valence electrons. The van der Waals surface area contributed by atoms with Crippen molar-refractivity contribution in [2.24, 2.45) is 0 Å². The Hall–Kier alpha value is -4.78. The average molecular weight is 515 g/mol. The van der Waals surface area contributed by atoms with E-state index in [4.69, 9.17) is 9.97 Å². The number of hydrogen-bond acceptors (Lipinski definition) is 7. The number of anilines is 2. The maximum absolute atomic E-state index is 9.85. The van der Waals surface area contributed by atoms with Crippen LogP contribution in [0.25, 0.3) is 33.9 Å². The van der Waals surface area contributed by atoms with E-state index in [9.17, 15) is 5.11 Å². The Balaban J connectivity index is 1.36. The van der Waals surface area contributed by atoms with Crippen LogP contribution in [0.5, 0.6) is 5.75 Å². The first-order valence-electron chi connectivity index (χ1n) is 13.3. The highest BCUT2D eigenvalue weighted by molar-refractivity contribution is 5.74. The van der Waals surface area contributed by atoms with Crippen LogP contribution < -0.4 is 10.2 Å². The van der Waals surface area contributed by atoms with Crippen molar-refractivity contribution in [3.05, 3.63) is 103 Å². The molecule has 6 rings (SSSR count). The third kappa shape index (κ3) is 5.72. The summed E-state index contributed by atoms with van der Waals surface area (Å²) in [5.41, 5.74) is 7.64. The lowest BCUT2D eigenvalue weighted by molar-refractivity contribution is 0.474. The number of rotatable bonds is 7. The smallest absolute Gasteiger partial charge is 0.180 e. The van der Waals surface area contributed by atoms with Crippen LogP contribution in [0.4, 0.5) is 11.5 Å². The predicted molar refractivity (Wildman–Crippen MR) is 156 cm³/mol. The molecule has 2 aromatic carbocycles. The van der Waals surface area contributed by atoms with Crippen LogP contribution in [0, 0.1) is 6.92 Å². The van der Waals surface area contributed by atoms with Gasteiger partial charge in [0.05, 0.1) is 5.69 Å². The number of phenols is 1. The summed E-state index contributed by atoms with van der Waals surface area (Å²) in [6.07, 6.45) is 6.23. The third-order valence-electron chi connectivity index (χ3n) is 6.91. The minimum atomic E-state index is 0.235. The van der Waals surface area contributed by atoms with E-state index < -0.39 is 0 Å². The van der Waals surface area contributed by atoms with Gasteiger partial charge in [-0.3, -0.25) is 4.98 Å². The molecule has 0 unspecified atom stereocenters. The minimum Gasteiger partial charge on any atom is -0.508 e. The predicted octanol–water partition coefficient (Wildman–Crippen LogP) is 6.49. The second-order valence-corrected chi connectivity index (χ2v) is 9.86. The van der Waals surface area contributed by atoms with Gasteiger partial charge in [-0.25, -0.2) is 15.0 Å². The highest BCUT2D eigenvalue weighted by Crippen LogP contribution is 2.30. The Morgan fingerprint density at radius 1 is 0.769 bits per heavy atom. The third-order valence-corrected chi connectivity index (χ3v) is 6.91. The Labute approximate surface area is 228 Å². The van der Waals surface area contributed by atoms with Crippen LogP contribution >= 0.6 is 0 Å². The number of aryl methyl sites for hydroxylation is 1. The van der Waals surface area contributed by atoms with Gasteiger partial charge in [-0.15, -0.1) is 0 Å². The zero-order valence-corrected chi connectivity index (χ0v) is 21.9. The summed E-state index contributed by atoms with van der Waals surface area (Å²) >= 11 is 0. The summed E-state index contributed by atoms with van der Waals surface area (Å²) < 4.78 is 0. The molecule has 0 saturated carbocycles. The van der Waals surface area contributed by atoms with E-state index in [2.05, 4.69) is 50.5 Å². The molecule has 2 N–H and O–H groups in total. The summed E-state index contributed by atoms with van der Waals surface area (Å²) in [7, 11) is 0. The molecule has 0 atom stereocenters. The van der Waals surface area contributed by atoms with E-state index in [1.54, 1.807) is 12.1 Å². The van der Waals surface area contributed by atoms with Crippen LogP contribution in [-0.4, -0.2) is 38.1 Å². The molecule has 0 bridgehead atoms. The van der Waals surface area contributed by atoms with Crippen LogP contribution in [0.15, 0.2) is 91.3 Å². The van der Waals surface area contributed by atoms with Gasteiger partial charge in [-0.05, 0) is 73.4 Å². The zero-order chi connectivity index (χ0) is 26.6. The standard InChI is InChI=1S/C32H30N6O/c1-22-7-4-12-29(35-22)32-36-30(18-31(37-32)34-19-23-8-5-11-28(39)15-23)26-16-25(20-33-21-26)24-9-6-10-27(17-24)38-13-2-3-14-38/h4-12,15-18,20-21,39H,2-3,13-14,19H2,1H3,(H,34,36,37). The van der Waals surface area contributed by atoms with Crippen molar-refractivity contribution in [3.8, 4) is 39.7 Å². The molecule has 5 aromatic rings. The van der Waals surface area contributed by atoms with Crippen molar-refractivity contribution < 1.29 is 5.11 Å². The maximum atomic E-state index is 9.85. The zero-order valence-electron chi connectivity index (χ0n) is 21.9. The van der Waals surface area contributed by atoms with E-state index in [1.165, 1.54) is 18.5 Å². The molecule has 0 aliphatic carbocycles. The lowest BCUT2D eigenvalue weighted by Crippen LogP contribution is -2.17. The Kier molecular flexibility index (Phi) is 6.87. The van der Waals surface area contributed by atoms with Crippen molar-refractivity contribution in [1.29, 1.82) is 0 Å². The van der Waals surface area contributed by atoms with Gasteiger partial charge in [0, 0.05) is 60.6 Å². The highest BCUT2D eigenvalue weighted by atomic mass is 16.3. The SMILES string of the molecule is Cc1cccc(-c2nc(NCc3cccc(O)c3)cc(-c3cncc(-c4cccc(N5CCCC5)c4)c3)n2)n1. The molecule has 1 saturated heterocycles. The number of hydrogen-bond donors (Lipinski definition) is 2. The van der Waals surface area contributed by atoms with Gasteiger partial charge >= 0.3 is 0 Å². The maximum Gasteiger partial charge on any atom is 0.180 e. The number of aromatic hydroxyl groups is 1. The van der Waals surface area contributed by atoms with Gasteiger partial charge in [0.1, 0.15) is 17.3 Å². The molecule has 1 fully saturated rings. The fourth-order valence-electron chi connectivity index (χ4n) is 4.92. The summed E-state index contributed by atoms with van der Waals surface area (Å²) in [6.45, 7) is 4.68. The Bertz CT molecular complexity index is 1610. The van der Waals surface area contributed by atoms with Crippen molar-refractivity contribution in [1.82, 2.24) is 19.9 Å². The molecular formula is C32H30N6O. The Morgan fingerprint density at radius 3 is 2.44 bits per heavy atom. The molecule has 0 spiro atoms. The molecule has 3 aromatic heterocycles. The van der Waals surface area contributed by atoms with Crippen molar-refractivity contribution in [2.45, 2.75) is 26.3 Å². The van der Waals surface area contributed by atoms with Crippen molar-refractivity contribution >= 4 is 11.5 Å². The molecule has 7 heteroatoms. The highest BCUT2D eigenvalue weighted by Gasteiger charge is 2.14. The van der Waals surface area contributed by atoms with Crippen LogP contribution in [0.3, 0.4) is 0 Å². The monoisotopic (exact) mass is 514 g/mol. The lowest BCUT2D eigenvalue weighted by Gasteiger charge is -2.18. The molecule has 1 aliphatic rings. The molecule has 0 amide bonds.